The van der Waals surface area contributed by atoms with E-state index in [-0.39, 0.29) is 19.3 Å². The zero-order valence-electron chi connectivity index (χ0n) is 11.8. The highest BCUT2D eigenvalue weighted by Gasteiger charge is 2.34. The number of nitrogens with zero attached hydrogens (tertiary/aromatic N) is 1. The number of hydrogen-bond donors (Lipinski definition) is 3. The predicted molar refractivity (Wildman–Crippen MR) is 71.3 cm³/mol. The van der Waals surface area contributed by atoms with Gasteiger partial charge in [0.25, 0.3) is 0 Å². The number of carboxylic acid groups (broad SMARTS) is 2. The van der Waals surface area contributed by atoms with Crippen LogP contribution in [0.3, 0.4) is 0 Å². The smallest absolute Gasteiger partial charge is 0.326 e. The van der Waals surface area contributed by atoms with Gasteiger partial charge >= 0.3 is 18.0 Å². The molecule has 1 rings (SSSR count). The Kier molecular flexibility index (Phi) is 5.79. The van der Waals surface area contributed by atoms with Gasteiger partial charge in [0.05, 0.1) is 0 Å². The molecular weight excluding hydrogens is 264 g/mol. The third-order valence-corrected chi connectivity index (χ3v) is 3.61. The SMILES string of the molecule is CC1CC1CN(C)C(=O)N[C@H](CCCC(=O)O)C(=O)O. The van der Waals surface area contributed by atoms with Gasteiger partial charge in [0.2, 0.25) is 0 Å². The van der Waals surface area contributed by atoms with Gasteiger partial charge in [0.1, 0.15) is 6.04 Å². The summed E-state index contributed by atoms with van der Waals surface area (Å²) in [6.45, 7) is 2.73. The van der Waals surface area contributed by atoms with E-state index in [1.54, 1.807) is 7.05 Å². The third kappa shape index (κ3) is 5.46. The van der Waals surface area contributed by atoms with E-state index >= 15 is 0 Å². The molecule has 7 heteroatoms. The van der Waals surface area contributed by atoms with Crippen LogP contribution in [0.4, 0.5) is 4.79 Å². The molecule has 0 aromatic carbocycles. The lowest BCUT2D eigenvalue weighted by Gasteiger charge is -2.21. The molecule has 20 heavy (non-hydrogen) atoms. The first-order valence-corrected chi connectivity index (χ1v) is 6.77. The van der Waals surface area contributed by atoms with E-state index in [1.165, 1.54) is 4.90 Å². The molecule has 0 heterocycles. The van der Waals surface area contributed by atoms with E-state index in [9.17, 15) is 14.4 Å². The van der Waals surface area contributed by atoms with Crippen LogP contribution in [-0.4, -0.2) is 52.7 Å². The molecule has 1 fully saturated rings. The zero-order chi connectivity index (χ0) is 15.3. The van der Waals surface area contributed by atoms with E-state index in [1.807, 2.05) is 0 Å². The quantitative estimate of drug-likeness (QED) is 0.617. The molecule has 1 saturated carbocycles. The standard InChI is InChI=1S/C13H22N2O5/c1-8-6-9(8)7-15(2)13(20)14-10(12(18)19)4-3-5-11(16)17/h8-10H,3-7H2,1-2H3,(H,14,20)(H,16,17)(H,18,19)/t8?,9?,10-/m1/s1. The average Bonchev–Trinajstić information content (AvgIpc) is 3.02. The van der Waals surface area contributed by atoms with Crippen molar-refractivity contribution in [2.75, 3.05) is 13.6 Å². The highest BCUT2D eigenvalue weighted by molar-refractivity contribution is 5.82. The van der Waals surface area contributed by atoms with Crippen LogP contribution in [0.1, 0.15) is 32.6 Å². The lowest BCUT2D eigenvalue weighted by Crippen LogP contribution is -2.47. The van der Waals surface area contributed by atoms with Gasteiger partial charge in [-0.2, -0.15) is 0 Å². The Morgan fingerprint density at radius 1 is 1.35 bits per heavy atom. The Morgan fingerprint density at radius 3 is 2.40 bits per heavy atom. The average molecular weight is 286 g/mol. The number of nitrogens with one attached hydrogen (secondary N) is 1. The number of carbonyl (C=O) groups excluding carboxylic acids is 1. The molecule has 0 bridgehead atoms. The van der Waals surface area contributed by atoms with Crippen molar-refractivity contribution < 1.29 is 24.6 Å². The summed E-state index contributed by atoms with van der Waals surface area (Å²) >= 11 is 0. The maximum atomic E-state index is 11.9. The molecule has 0 aromatic rings. The van der Waals surface area contributed by atoms with Crippen LogP contribution in [0.5, 0.6) is 0 Å². The second-order valence-electron chi connectivity index (χ2n) is 5.48. The predicted octanol–water partition coefficient (Wildman–Crippen LogP) is 0.992. The Morgan fingerprint density at radius 2 is 1.95 bits per heavy atom. The second-order valence-corrected chi connectivity index (χ2v) is 5.48. The molecule has 0 saturated heterocycles. The molecule has 0 aromatic heterocycles. The van der Waals surface area contributed by atoms with Gasteiger partial charge in [-0.15, -0.1) is 0 Å². The Balaban J connectivity index is 2.37. The summed E-state index contributed by atoms with van der Waals surface area (Å²) in [5.41, 5.74) is 0. The lowest BCUT2D eigenvalue weighted by atomic mass is 10.1. The zero-order valence-corrected chi connectivity index (χ0v) is 11.8. The van der Waals surface area contributed by atoms with Gasteiger partial charge in [-0.05, 0) is 31.1 Å². The molecule has 1 aliphatic rings. The first kappa shape index (κ1) is 16.3. The molecule has 3 atom stereocenters. The van der Waals surface area contributed by atoms with Crippen LogP contribution in [-0.2, 0) is 9.59 Å². The normalized spacial score (nSPS) is 21.9. The van der Waals surface area contributed by atoms with E-state index < -0.39 is 24.0 Å². The Hall–Kier alpha value is -1.79. The fourth-order valence-corrected chi connectivity index (χ4v) is 2.06. The molecule has 0 spiro atoms. The molecule has 3 N–H and O–H groups in total. The summed E-state index contributed by atoms with van der Waals surface area (Å²) in [6, 6.07) is -1.47. The minimum atomic E-state index is -1.14. The molecule has 1 aliphatic carbocycles. The number of hydrogen-bond acceptors (Lipinski definition) is 3. The second kappa shape index (κ2) is 7.12. The van der Waals surface area contributed by atoms with Crippen molar-refractivity contribution in [1.82, 2.24) is 10.2 Å². The van der Waals surface area contributed by atoms with Crippen LogP contribution in [0.15, 0.2) is 0 Å². The molecule has 2 amide bonds. The van der Waals surface area contributed by atoms with Gasteiger partial charge in [-0.25, -0.2) is 9.59 Å². The van der Waals surface area contributed by atoms with Gasteiger partial charge < -0.3 is 20.4 Å². The van der Waals surface area contributed by atoms with Crippen LogP contribution in [0.2, 0.25) is 0 Å². The van der Waals surface area contributed by atoms with Crippen molar-refractivity contribution in [1.29, 1.82) is 0 Å². The molecule has 2 unspecified atom stereocenters. The van der Waals surface area contributed by atoms with Crippen molar-refractivity contribution in [3.63, 3.8) is 0 Å². The van der Waals surface area contributed by atoms with E-state index in [4.69, 9.17) is 10.2 Å². The highest BCUT2D eigenvalue weighted by Crippen LogP contribution is 2.37. The van der Waals surface area contributed by atoms with Gasteiger partial charge in [-0.1, -0.05) is 6.92 Å². The first-order valence-electron chi connectivity index (χ1n) is 6.77. The first-order chi connectivity index (χ1) is 9.31. The van der Waals surface area contributed by atoms with E-state index in [2.05, 4.69) is 12.2 Å². The molecule has 114 valence electrons. The fourth-order valence-electron chi connectivity index (χ4n) is 2.06. The molecule has 0 radical (unpaired) electrons. The van der Waals surface area contributed by atoms with Crippen LogP contribution in [0, 0.1) is 11.8 Å². The number of amides is 2. The maximum absolute atomic E-state index is 11.9. The molecular formula is C13H22N2O5. The number of aliphatic carboxylic acids is 2. The van der Waals surface area contributed by atoms with E-state index in [0.717, 1.165) is 6.42 Å². The monoisotopic (exact) mass is 286 g/mol. The fraction of sp³-hybridized carbons (Fsp3) is 0.769. The van der Waals surface area contributed by atoms with Crippen molar-refractivity contribution in [2.24, 2.45) is 11.8 Å². The largest absolute Gasteiger partial charge is 0.481 e. The number of carboxylic acids is 2. The summed E-state index contributed by atoms with van der Waals surface area (Å²) in [6.07, 6.45) is 1.32. The van der Waals surface area contributed by atoms with Gasteiger partial charge in [0.15, 0.2) is 0 Å². The lowest BCUT2D eigenvalue weighted by molar-refractivity contribution is -0.140. The number of carbonyl (C=O) groups is 3. The van der Waals surface area contributed by atoms with Crippen LogP contribution >= 0.6 is 0 Å². The number of rotatable bonds is 8. The van der Waals surface area contributed by atoms with Crippen molar-refractivity contribution in [3.05, 3.63) is 0 Å². The van der Waals surface area contributed by atoms with Crippen LogP contribution in [0.25, 0.3) is 0 Å². The molecule has 7 nitrogen and oxygen atoms in total. The van der Waals surface area contributed by atoms with Gasteiger partial charge in [-0.3, -0.25) is 4.79 Å². The topological polar surface area (TPSA) is 107 Å². The highest BCUT2D eigenvalue weighted by atomic mass is 16.4. The van der Waals surface area contributed by atoms with Crippen molar-refractivity contribution >= 4 is 18.0 Å². The summed E-state index contributed by atoms with van der Waals surface area (Å²) in [5.74, 6) is -0.991. The Labute approximate surface area is 117 Å². The van der Waals surface area contributed by atoms with Crippen LogP contribution < -0.4 is 5.32 Å². The number of urea groups is 1. The van der Waals surface area contributed by atoms with Crippen molar-refractivity contribution in [3.8, 4) is 0 Å². The van der Waals surface area contributed by atoms with Crippen molar-refractivity contribution in [2.45, 2.75) is 38.6 Å². The third-order valence-electron chi connectivity index (χ3n) is 3.61. The minimum Gasteiger partial charge on any atom is -0.481 e. The van der Waals surface area contributed by atoms with Gasteiger partial charge in [0, 0.05) is 20.0 Å². The maximum Gasteiger partial charge on any atom is 0.326 e. The van der Waals surface area contributed by atoms with E-state index in [0.29, 0.717) is 18.4 Å². The molecule has 0 aliphatic heterocycles. The minimum absolute atomic E-state index is 0.102. The summed E-state index contributed by atoms with van der Waals surface area (Å²) < 4.78 is 0. The summed E-state index contributed by atoms with van der Waals surface area (Å²) in [7, 11) is 1.64. The Bertz CT molecular complexity index is 385. The summed E-state index contributed by atoms with van der Waals surface area (Å²) in [5, 5.41) is 20.0. The summed E-state index contributed by atoms with van der Waals surface area (Å²) in [4.78, 5) is 34.8.